The topological polar surface area (TPSA) is 100 Å². The summed E-state index contributed by atoms with van der Waals surface area (Å²) in [6, 6.07) is 2.05. The zero-order chi connectivity index (χ0) is 13.5. The largest absolute Gasteiger partial charge is 0.478 e. The molecule has 0 bridgehead atoms. The van der Waals surface area contributed by atoms with Gasteiger partial charge in [0.05, 0.1) is 16.6 Å². The smallest absolute Gasteiger partial charge is 0.338 e. The van der Waals surface area contributed by atoms with Crippen molar-refractivity contribution in [3.8, 4) is 0 Å². The monoisotopic (exact) mass is 272 g/mol. The highest BCUT2D eigenvalue weighted by Gasteiger charge is 2.15. The molecule has 0 saturated carbocycles. The van der Waals surface area contributed by atoms with Gasteiger partial charge >= 0.3 is 5.97 Å². The van der Waals surface area contributed by atoms with Crippen LogP contribution in [-0.2, 0) is 15.6 Å². The molecule has 18 heavy (non-hydrogen) atoms. The Balaban J connectivity index is 2.55. The Kier molecular flexibility index (Phi) is 2.81. The molecular weight excluding hydrogens is 263 g/mol. The van der Waals surface area contributed by atoms with Crippen molar-refractivity contribution in [2.75, 3.05) is 6.26 Å². The van der Waals surface area contributed by atoms with Crippen molar-refractivity contribution in [3.05, 3.63) is 29.3 Å². The van der Waals surface area contributed by atoms with Crippen molar-refractivity contribution in [1.29, 1.82) is 0 Å². The number of benzene rings is 1. The van der Waals surface area contributed by atoms with E-state index in [2.05, 4.69) is 9.97 Å². The third kappa shape index (κ3) is 2.48. The fourth-order valence-corrected chi connectivity index (χ4v) is 2.20. The lowest BCUT2D eigenvalue weighted by atomic mass is 10.2. The zero-order valence-corrected chi connectivity index (χ0v) is 10.1. The first-order valence-electron chi connectivity index (χ1n) is 4.85. The first-order chi connectivity index (χ1) is 8.26. The second-order valence-corrected chi connectivity index (χ2v) is 6.05. The van der Waals surface area contributed by atoms with E-state index in [4.69, 9.17) is 5.11 Å². The number of sulfone groups is 1. The van der Waals surface area contributed by atoms with Crippen LogP contribution in [-0.4, -0.2) is 35.7 Å². The van der Waals surface area contributed by atoms with Crippen LogP contribution in [0.4, 0.5) is 4.39 Å². The van der Waals surface area contributed by atoms with Gasteiger partial charge in [0.2, 0.25) is 0 Å². The summed E-state index contributed by atoms with van der Waals surface area (Å²) >= 11 is 0. The number of imidazole rings is 1. The molecule has 0 saturated heterocycles. The van der Waals surface area contributed by atoms with Gasteiger partial charge in [-0.05, 0) is 6.07 Å². The molecule has 0 radical (unpaired) electrons. The van der Waals surface area contributed by atoms with Crippen LogP contribution < -0.4 is 0 Å². The standard InChI is InChI=1S/C10H9FN2O4S/c1-18(16,17)4-9-12-7-2-5(10(14)15)6(11)3-8(7)13-9/h2-3H,4H2,1H3,(H,12,13)(H,14,15). The second kappa shape index (κ2) is 4.05. The quantitative estimate of drug-likeness (QED) is 0.866. The number of carboxylic acids is 1. The molecule has 0 fully saturated rings. The Morgan fingerprint density at radius 2 is 2.17 bits per heavy atom. The molecule has 0 aliphatic carbocycles. The number of carbonyl (C=O) groups is 1. The summed E-state index contributed by atoms with van der Waals surface area (Å²) in [7, 11) is -3.27. The van der Waals surface area contributed by atoms with E-state index in [9.17, 15) is 17.6 Å². The molecule has 2 rings (SSSR count). The number of carboxylic acid groups (broad SMARTS) is 1. The molecule has 1 heterocycles. The maximum atomic E-state index is 13.4. The minimum Gasteiger partial charge on any atom is -0.478 e. The number of nitrogens with one attached hydrogen (secondary N) is 1. The van der Waals surface area contributed by atoms with Gasteiger partial charge in [0.15, 0.2) is 9.84 Å². The molecule has 6 nitrogen and oxygen atoms in total. The molecule has 0 aliphatic heterocycles. The van der Waals surface area contributed by atoms with Crippen LogP contribution in [0.25, 0.3) is 11.0 Å². The summed E-state index contributed by atoms with van der Waals surface area (Å²) < 4.78 is 35.6. The normalized spacial score (nSPS) is 11.9. The Hall–Kier alpha value is -1.96. The summed E-state index contributed by atoms with van der Waals surface area (Å²) in [4.78, 5) is 17.3. The van der Waals surface area contributed by atoms with E-state index in [-0.39, 0.29) is 22.6 Å². The molecule has 0 unspecified atom stereocenters. The van der Waals surface area contributed by atoms with E-state index < -0.39 is 27.2 Å². The summed E-state index contributed by atoms with van der Waals surface area (Å²) in [6.45, 7) is 0. The number of fused-ring (bicyclic) bond motifs is 1. The van der Waals surface area contributed by atoms with Crippen molar-refractivity contribution in [2.24, 2.45) is 0 Å². The van der Waals surface area contributed by atoms with Crippen LogP contribution in [0.2, 0.25) is 0 Å². The fraction of sp³-hybridized carbons (Fsp3) is 0.200. The van der Waals surface area contributed by atoms with Crippen LogP contribution in [0.3, 0.4) is 0 Å². The van der Waals surface area contributed by atoms with Crippen molar-refractivity contribution < 1.29 is 22.7 Å². The van der Waals surface area contributed by atoms with Crippen molar-refractivity contribution in [2.45, 2.75) is 5.75 Å². The molecule has 96 valence electrons. The van der Waals surface area contributed by atoms with Gasteiger partial charge < -0.3 is 10.1 Å². The van der Waals surface area contributed by atoms with Crippen molar-refractivity contribution in [1.82, 2.24) is 9.97 Å². The van der Waals surface area contributed by atoms with Gasteiger partial charge in [0.1, 0.15) is 17.4 Å². The number of hydrogen-bond acceptors (Lipinski definition) is 4. The number of hydrogen-bond donors (Lipinski definition) is 2. The lowest BCUT2D eigenvalue weighted by Crippen LogP contribution is -2.01. The lowest BCUT2D eigenvalue weighted by Gasteiger charge is -1.95. The second-order valence-electron chi connectivity index (χ2n) is 3.91. The number of nitrogens with zero attached hydrogens (tertiary/aromatic N) is 1. The predicted molar refractivity (Wildman–Crippen MR) is 61.6 cm³/mol. The fourth-order valence-electron chi connectivity index (χ4n) is 1.56. The number of rotatable bonds is 3. The number of aromatic amines is 1. The summed E-state index contributed by atoms with van der Waals surface area (Å²) in [5.41, 5.74) is -0.0245. The zero-order valence-electron chi connectivity index (χ0n) is 9.27. The third-order valence-corrected chi connectivity index (χ3v) is 3.05. The molecule has 0 amide bonds. The molecule has 1 aromatic carbocycles. The number of aromatic nitrogens is 2. The van der Waals surface area contributed by atoms with Gasteiger partial charge in [-0.3, -0.25) is 0 Å². The van der Waals surface area contributed by atoms with Gasteiger partial charge in [-0.2, -0.15) is 0 Å². The van der Waals surface area contributed by atoms with Gasteiger partial charge in [0, 0.05) is 12.3 Å². The highest BCUT2D eigenvalue weighted by atomic mass is 32.2. The van der Waals surface area contributed by atoms with Gasteiger partial charge in [-0.15, -0.1) is 0 Å². The van der Waals surface area contributed by atoms with Crippen molar-refractivity contribution in [3.63, 3.8) is 0 Å². The van der Waals surface area contributed by atoms with E-state index in [0.29, 0.717) is 0 Å². The molecule has 8 heteroatoms. The van der Waals surface area contributed by atoms with Crippen LogP contribution in [0.5, 0.6) is 0 Å². The molecule has 2 aromatic rings. The Bertz CT molecular complexity index is 736. The molecule has 2 N–H and O–H groups in total. The Morgan fingerprint density at radius 3 is 2.72 bits per heavy atom. The molecule has 0 spiro atoms. The molecule has 0 aliphatic rings. The number of halogens is 1. The van der Waals surface area contributed by atoms with E-state index >= 15 is 0 Å². The molecular formula is C10H9FN2O4S. The minimum absolute atomic E-state index is 0.148. The molecule has 0 atom stereocenters. The van der Waals surface area contributed by atoms with E-state index in [1.165, 1.54) is 0 Å². The first kappa shape index (κ1) is 12.5. The maximum Gasteiger partial charge on any atom is 0.338 e. The van der Waals surface area contributed by atoms with Gasteiger partial charge in [-0.1, -0.05) is 0 Å². The van der Waals surface area contributed by atoms with Gasteiger partial charge in [-0.25, -0.2) is 22.6 Å². The molecule has 1 aromatic heterocycles. The highest BCUT2D eigenvalue weighted by Crippen LogP contribution is 2.18. The Labute approximate surface area is 101 Å². The van der Waals surface area contributed by atoms with Crippen LogP contribution >= 0.6 is 0 Å². The minimum atomic E-state index is -3.27. The summed E-state index contributed by atoms with van der Waals surface area (Å²) in [5, 5.41) is 8.74. The van der Waals surface area contributed by atoms with Crippen molar-refractivity contribution >= 4 is 26.8 Å². The van der Waals surface area contributed by atoms with E-state index in [1.807, 2.05) is 0 Å². The maximum absolute atomic E-state index is 13.4. The Morgan fingerprint density at radius 1 is 1.50 bits per heavy atom. The number of H-pyrrole nitrogens is 1. The highest BCUT2D eigenvalue weighted by molar-refractivity contribution is 7.89. The average molecular weight is 272 g/mol. The number of aromatic carboxylic acids is 1. The SMILES string of the molecule is CS(=O)(=O)Cc1nc2cc(C(=O)O)c(F)cc2[nH]1. The van der Waals surface area contributed by atoms with Gasteiger partial charge in [0.25, 0.3) is 0 Å². The average Bonchev–Trinajstić information content (AvgIpc) is 2.54. The lowest BCUT2D eigenvalue weighted by molar-refractivity contribution is 0.0692. The van der Waals surface area contributed by atoms with E-state index in [0.717, 1.165) is 18.4 Å². The summed E-state index contributed by atoms with van der Waals surface area (Å²) in [5.74, 6) is -2.47. The summed E-state index contributed by atoms with van der Waals surface area (Å²) in [6.07, 6.45) is 1.05. The van der Waals surface area contributed by atoms with E-state index in [1.54, 1.807) is 0 Å². The first-order valence-corrected chi connectivity index (χ1v) is 6.91. The van der Waals surface area contributed by atoms with Crippen LogP contribution in [0.15, 0.2) is 12.1 Å². The predicted octanol–water partition coefficient (Wildman–Crippen LogP) is 0.945. The third-order valence-electron chi connectivity index (χ3n) is 2.25. The van der Waals surface area contributed by atoms with Crippen LogP contribution in [0, 0.1) is 5.82 Å². The van der Waals surface area contributed by atoms with Crippen LogP contribution in [0.1, 0.15) is 16.2 Å².